The van der Waals surface area contributed by atoms with Gasteiger partial charge in [0.05, 0.1) is 10.7 Å². The summed E-state index contributed by atoms with van der Waals surface area (Å²) in [7, 11) is 2.17. The van der Waals surface area contributed by atoms with Gasteiger partial charge in [0.25, 0.3) is 0 Å². The first-order valence-corrected chi connectivity index (χ1v) is 9.64. The van der Waals surface area contributed by atoms with Crippen LogP contribution in [0.4, 0.5) is 0 Å². The Kier molecular flexibility index (Phi) is 6.13. The Morgan fingerprint density at radius 1 is 1.24 bits per heavy atom. The van der Waals surface area contributed by atoms with Crippen molar-refractivity contribution in [1.82, 2.24) is 25.1 Å². The molecule has 3 rings (SSSR count). The van der Waals surface area contributed by atoms with E-state index in [2.05, 4.69) is 34.4 Å². The lowest BCUT2D eigenvalue weighted by Gasteiger charge is -2.34. The molecule has 1 unspecified atom stereocenters. The van der Waals surface area contributed by atoms with Crippen LogP contribution in [-0.4, -0.2) is 43.2 Å². The maximum atomic E-state index is 5.72. The largest absolute Gasteiger partial charge is 0.366 e. The van der Waals surface area contributed by atoms with Crippen LogP contribution in [0, 0.1) is 5.92 Å². The molecule has 1 aliphatic rings. The van der Waals surface area contributed by atoms with Crippen molar-refractivity contribution in [3.05, 3.63) is 36.2 Å². The van der Waals surface area contributed by atoms with Gasteiger partial charge in [-0.25, -0.2) is 0 Å². The third-order valence-corrected chi connectivity index (χ3v) is 5.56. The molecule has 25 heavy (non-hydrogen) atoms. The van der Waals surface area contributed by atoms with Gasteiger partial charge in [-0.3, -0.25) is 0 Å². The van der Waals surface area contributed by atoms with E-state index in [1.165, 1.54) is 32.1 Å². The first-order valence-electron chi connectivity index (χ1n) is 9.23. The van der Waals surface area contributed by atoms with E-state index in [0.29, 0.717) is 12.0 Å². The van der Waals surface area contributed by atoms with Gasteiger partial charge in [-0.05, 0) is 41.3 Å². The number of thiocarbonyl (C=S) groups is 1. The highest BCUT2D eigenvalue weighted by Gasteiger charge is 2.21. The molecular formula is C19H27N5S. The number of tetrazole rings is 1. The second kappa shape index (κ2) is 8.52. The highest BCUT2D eigenvalue weighted by molar-refractivity contribution is 7.80. The van der Waals surface area contributed by atoms with Crippen LogP contribution in [0.5, 0.6) is 0 Å². The van der Waals surface area contributed by atoms with Gasteiger partial charge in [0.1, 0.15) is 0 Å². The SMILES string of the molecule is CC(CC(=S)N(C)C1CCCCC1)Cc1nnnn1-c1ccccc1. The second-order valence-corrected chi connectivity index (χ2v) is 7.62. The van der Waals surface area contributed by atoms with E-state index in [0.717, 1.165) is 29.3 Å². The topological polar surface area (TPSA) is 46.8 Å². The lowest BCUT2D eigenvalue weighted by Crippen LogP contribution is -2.38. The number of benzene rings is 1. The van der Waals surface area contributed by atoms with Gasteiger partial charge in [0, 0.05) is 25.9 Å². The van der Waals surface area contributed by atoms with Gasteiger partial charge in [-0.1, -0.05) is 56.6 Å². The Labute approximate surface area is 155 Å². The number of nitrogens with zero attached hydrogens (tertiary/aromatic N) is 5. The van der Waals surface area contributed by atoms with Crippen molar-refractivity contribution in [3.8, 4) is 5.69 Å². The minimum Gasteiger partial charge on any atom is -0.366 e. The van der Waals surface area contributed by atoms with Crippen LogP contribution in [0.15, 0.2) is 30.3 Å². The van der Waals surface area contributed by atoms with Gasteiger partial charge in [-0.2, -0.15) is 4.68 Å². The summed E-state index contributed by atoms with van der Waals surface area (Å²) in [5.74, 6) is 1.30. The van der Waals surface area contributed by atoms with E-state index >= 15 is 0 Å². The van der Waals surface area contributed by atoms with Crippen LogP contribution in [0.25, 0.3) is 5.69 Å². The zero-order valence-corrected chi connectivity index (χ0v) is 16.0. The molecule has 0 radical (unpaired) electrons. The van der Waals surface area contributed by atoms with Gasteiger partial charge in [0.15, 0.2) is 5.82 Å². The lowest BCUT2D eigenvalue weighted by molar-refractivity contribution is 0.276. The van der Waals surface area contributed by atoms with E-state index in [1.807, 2.05) is 35.0 Å². The van der Waals surface area contributed by atoms with Crippen LogP contribution in [0.3, 0.4) is 0 Å². The molecule has 2 aromatic rings. The summed E-state index contributed by atoms with van der Waals surface area (Å²) in [5.41, 5.74) is 0.997. The van der Waals surface area contributed by atoms with Crippen LogP contribution >= 0.6 is 12.2 Å². The minimum absolute atomic E-state index is 0.409. The van der Waals surface area contributed by atoms with E-state index in [-0.39, 0.29) is 0 Å². The van der Waals surface area contributed by atoms with Crippen molar-refractivity contribution in [1.29, 1.82) is 0 Å². The average molecular weight is 358 g/mol. The first kappa shape index (κ1) is 18.0. The van der Waals surface area contributed by atoms with Gasteiger partial charge < -0.3 is 4.90 Å². The van der Waals surface area contributed by atoms with E-state index in [4.69, 9.17) is 12.2 Å². The summed E-state index contributed by atoms with van der Waals surface area (Å²) in [6.07, 6.45) is 8.31. The Bertz CT molecular complexity index is 678. The Morgan fingerprint density at radius 2 is 1.96 bits per heavy atom. The summed E-state index contributed by atoms with van der Waals surface area (Å²) >= 11 is 5.72. The monoisotopic (exact) mass is 357 g/mol. The molecule has 1 saturated carbocycles. The molecule has 134 valence electrons. The highest BCUT2D eigenvalue weighted by atomic mass is 32.1. The van der Waals surface area contributed by atoms with Crippen LogP contribution in [0.1, 0.15) is 51.3 Å². The third kappa shape index (κ3) is 4.63. The van der Waals surface area contributed by atoms with Gasteiger partial charge in [-0.15, -0.1) is 5.10 Å². The fourth-order valence-corrected chi connectivity index (χ4v) is 4.03. The molecule has 1 fully saturated rings. The van der Waals surface area contributed by atoms with E-state index < -0.39 is 0 Å². The molecule has 1 aromatic carbocycles. The average Bonchev–Trinajstić information content (AvgIpc) is 3.10. The Balaban J connectivity index is 1.58. The smallest absolute Gasteiger partial charge is 0.156 e. The molecule has 0 saturated heterocycles. The summed E-state index contributed by atoms with van der Waals surface area (Å²) in [6.45, 7) is 2.23. The molecule has 0 aliphatic heterocycles. The molecular weight excluding hydrogens is 330 g/mol. The first-order chi connectivity index (χ1) is 12.1. The maximum absolute atomic E-state index is 5.72. The van der Waals surface area contributed by atoms with Crippen LogP contribution in [-0.2, 0) is 6.42 Å². The van der Waals surface area contributed by atoms with E-state index in [1.54, 1.807) is 0 Å². The molecule has 1 atom stereocenters. The molecule has 5 nitrogen and oxygen atoms in total. The third-order valence-electron chi connectivity index (χ3n) is 5.10. The maximum Gasteiger partial charge on any atom is 0.156 e. The molecule has 0 bridgehead atoms. The fraction of sp³-hybridized carbons (Fsp3) is 0.579. The normalized spacial score (nSPS) is 16.6. The van der Waals surface area contributed by atoms with Crippen molar-refractivity contribution in [3.63, 3.8) is 0 Å². The number of para-hydroxylation sites is 1. The zero-order valence-electron chi connectivity index (χ0n) is 15.1. The number of hydrogen-bond acceptors (Lipinski definition) is 4. The molecule has 1 aliphatic carbocycles. The molecule has 0 amide bonds. The summed E-state index contributed by atoms with van der Waals surface area (Å²) in [4.78, 5) is 3.41. The van der Waals surface area contributed by atoms with Crippen molar-refractivity contribution in [2.24, 2.45) is 5.92 Å². The fourth-order valence-electron chi connectivity index (χ4n) is 3.60. The van der Waals surface area contributed by atoms with Crippen molar-refractivity contribution in [2.75, 3.05) is 7.05 Å². The predicted octanol–water partition coefficient (Wildman–Crippen LogP) is 3.82. The second-order valence-electron chi connectivity index (χ2n) is 7.15. The Morgan fingerprint density at radius 3 is 2.68 bits per heavy atom. The van der Waals surface area contributed by atoms with Crippen molar-refractivity contribution < 1.29 is 0 Å². The lowest BCUT2D eigenvalue weighted by atomic mass is 9.94. The standard InChI is InChI=1S/C19H27N5S/c1-15(14-19(25)23(2)16-9-5-3-6-10-16)13-18-20-21-22-24(18)17-11-7-4-8-12-17/h4,7-8,11-12,15-16H,3,5-6,9-10,13-14H2,1-2H3. The molecule has 6 heteroatoms. The molecule has 0 spiro atoms. The van der Waals surface area contributed by atoms with Crippen LogP contribution < -0.4 is 0 Å². The summed E-state index contributed by atoms with van der Waals surface area (Å²) in [5, 5.41) is 12.2. The van der Waals surface area contributed by atoms with Gasteiger partial charge in [0.2, 0.25) is 0 Å². The number of hydrogen-bond donors (Lipinski definition) is 0. The molecule has 1 heterocycles. The summed E-state index contributed by atoms with van der Waals surface area (Å²) in [6, 6.07) is 10.7. The number of aromatic nitrogens is 4. The van der Waals surface area contributed by atoms with Gasteiger partial charge >= 0.3 is 0 Å². The number of rotatable bonds is 6. The predicted molar refractivity (Wildman–Crippen MR) is 104 cm³/mol. The van der Waals surface area contributed by atoms with E-state index in [9.17, 15) is 0 Å². The minimum atomic E-state index is 0.409. The molecule has 1 aromatic heterocycles. The Hall–Kier alpha value is -1.82. The van der Waals surface area contributed by atoms with Crippen molar-refractivity contribution in [2.45, 2.75) is 57.9 Å². The van der Waals surface area contributed by atoms with Crippen molar-refractivity contribution >= 4 is 17.2 Å². The van der Waals surface area contributed by atoms with Crippen LogP contribution in [0.2, 0.25) is 0 Å². The summed E-state index contributed by atoms with van der Waals surface area (Å²) < 4.78 is 1.82. The molecule has 0 N–H and O–H groups in total. The quantitative estimate of drug-likeness (QED) is 0.736. The zero-order chi connectivity index (χ0) is 17.6. The highest BCUT2D eigenvalue weighted by Crippen LogP contribution is 2.23.